The van der Waals surface area contributed by atoms with E-state index in [9.17, 15) is 4.79 Å². The molecule has 1 saturated heterocycles. The van der Waals surface area contributed by atoms with Crippen molar-refractivity contribution < 1.29 is 9.53 Å². The second-order valence-electron chi connectivity index (χ2n) is 8.29. The quantitative estimate of drug-likeness (QED) is 0.826. The molecule has 2 aromatic rings. The van der Waals surface area contributed by atoms with E-state index >= 15 is 0 Å². The second-order valence-corrected chi connectivity index (χ2v) is 8.29. The molecule has 5 heteroatoms. The molecule has 0 atom stereocenters. The standard InChI is InChI=1S/C21H31N3O2/c1-6-23(15(2)25)17-7-8-19-18(13-17)22-20(21(3,4)5)24(19)14-16-9-11-26-12-10-16/h7-8,13,16H,6,9-12,14H2,1-5H3. The highest BCUT2D eigenvalue weighted by atomic mass is 16.5. The van der Waals surface area contributed by atoms with Gasteiger partial charge in [-0.3, -0.25) is 4.79 Å². The molecular weight excluding hydrogens is 326 g/mol. The molecule has 3 rings (SSSR count). The van der Waals surface area contributed by atoms with E-state index in [0.29, 0.717) is 12.5 Å². The number of imidazole rings is 1. The number of anilines is 1. The summed E-state index contributed by atoms with van der Waals surface area (Å²) in [7, 11) is 0. The Hall–Kier alpha value is -1.88. The number of carbonyl (C=O) groups is 1. The van der Waals surface area contributed by atoms with Gasteiger partial charge in [-0.1, -0.05) is 20.8 Å². The molecule has 1 amide bonds. The number of hydrogen-bond acceptors (Lipinski definition) is 3. The van der Waals surface area contributed by atoms with Crippen LogP contribution in [0.3, 0.4) is 0 Å². The van der Waals surface area contributed by atoms with E-state index in [1.165, 1.54) is 0 Å². The van der Waals surface area contributed by atoms with Crippen LogP contribution >= 0.6 is 0 Å². The van der Waals surface area contributed by atoms with Gasteiger partial charge in [0.2, 0.25) is 5.91 Å². The molecule has 0 radical (unpaired) electrons. The van der Waals surface area contributed by atoms with Gasteiger partial charge in [0.25, 0.3) is 0 Å². The molecule has 5 nitrogen and oxygen atoms in total. The van der Waals surface area contributed by atoms with Crippen molar-refractivity contribution in [2.45, 2.75) is 59.4 Å². The summed E-state index contributed by atoms with van der Waals surface area (Å²) in [4.78, 5) is 18.7. The van der Waals surface area contributed by atoms with E-state index in [-0.39, 0.29) is 11.3 Å². The number of fused-ring (bicyclic) bond motifs is 1. The zero-order valence-electron chi connectivity index (χ0n) is 16.7. The van der Waals surface area contributed by atoms with Crippen LogP contribution in [0.15, 0.2) is 18.2 Å². The molecule has 1 aromatic heterocycles. The third-order valence-electron chi connectivity index (χ3n) is 5.19. The lowest BCUT2D eigenvalue weighted by atomic mass is 9.94. The van der Waals surface area contributed by atoms with Crippen LogP contribution in [0.25, 0.3) is 11.0 Å². The Kier molecular flexibility index (Phi) is 5.37. The predicted molar refractivity (Wildman–Crippen MR) is 106 cm³/mol. The molecule has 1 aliphatic rings. The number of aromatic nitrogens is 2. The summed E-state index contributed by atoms with van der Waals surface area (Å²) >= 11 is 0. The maximum atomic E-state index is 11.9. The Labute approximate surface area is 156 Å². The maximum absolute atomic E-state index is 11.9. The van der Waals surface area contributed by atoms with Gasteiger partial charge in [0.05, 0.1) is 11.0 Å². The topological polar surface area (TPSA) is 47.4 Å². The average molecular weight is 357 g/mol. The highest BCUT2D eigenvalue weighted by molar-refractivity contribution is 5.93. The van der Waals surface area contributed by atoms with Crippen LogP contribution in [-0.2, 0) is 21.5 Å². The largest absolute Gasteiger partial charge is 0.381 e. The molecule has 0 aliphatic carbocycles. The third kappa shape index (κ3) is 3.78. The van der Waals surface area contributed by atoms with E-state index in [0.717, 1.165) is 55.1 Å². The first-order valence-electron chi connectivity index (χ1n) is 9.68. The molecule has 1 aliphatic heterocycles. The smallest absolute Gasteiger partial charge is 0.223 e. The lowest BCUT2D eigenvalue weighted by Crippen LogP contribution is -2.27. The van der Waals surface area contributed by atoms with Gasteiger partial charge in [0, 0.05) is 44.3 Å². The summed E-state index contributed by atoms with van der Waals surface area (Å²) in [5.41, 5.74) is 3.02. The summed E-state index contributed by atoms with van der Waals surface area (Å²) in [5, 5.41) is 0. The Morgan fingerprint density at radius 2 is 2.00 bits per heavy atom. The number of carbonyl (C=O) groups excluding carboxylic acids is 1. The molecule has 0 saturated carbocycles. The van der Waals surface area contributed by atoms with Gasteiger partial charge < -0.3 is 14.2 Å². The van der Waals surface area contributed by atoms with Crippen LogP contribution in [0.1, 0.15) is 53.3 Å². The van der Waals surface area contributed by atoms with Gasteiger partial charge in [0.1, 0.15) is 5.82 Å². The summed E-state index contributed by atoms with van der Waals surface area (Å²) in [6.07, 6.45) is 2.21. The Morgan fingerprint density at radius 1 is 1.31 bits per heavy atom. The van der Waals surface area contributed by atoms with Gasteiger partial charge in [0.15, 0.2) is 0 Å². The number of nitrogens with zero attached hydrogens (tertiary/aromatic N) is 3. The van der Waals surface area contributed by atoms with Crippen molar-refractivity contribution in [3.63, 3.8) is 0 Å². The minimum Gasteiger partial charge on any atom is -0.381 e. The highest BCUT2D eigenvalue weighted by Gasteiger charge is 2.25. The first-order valence-corrected chi connectivity index (χ1v) is 9.68. The number of benzene rings is 1. The van der Waals surface area contributed by atoms with E-state index in [1.807, 2.05) is 13.0 Å². The minimum absolute atomic E-state index is 0.0324. The molecule has 0 unspecified atom stereocenters. The lowest BCUT2D eigenvalue weighted by Gasteiger charge is -2.26. The normalized spacial score (nSPS) is 16.2. The molecule has 142 valence electrons. The van der Waals surface area contributed by atoms with E-state index in [2.05, 4.69) is 37.5 Å². The Bertz CT molecular complexity index is 782. The summed E-state index contributed by atoms with van der Waals surface area (Å²) in [6.45, 7) is 13.6. The minimum atomic E-state index is -0.0324. The van der Waals surface area contributed by atoms with E-state index < -0.39 is 0 Å². The average Bonchev–Trinajstić information content (AvgIpc) is 2.94. The van der Waals surface area contributed by atoms with E-state index in [4.69, 9.17) is 9.72 Å². The maximum Gasteiger partial charge on any atom is 0.223 e. The molecule has 26 heavy (non-hydrogen) atoms. The lowest BCUT2D eigenvalue weighted by molar-refractivity contribution is -0.116. The summed E-state index contributed by atoms with van der Waals surface area (Å²) < 4.78 is 7.91. The van der Waals surface area contributed by atoms with Gasteiger partial charge >= 0.3 is 0 Å². The first-order chi connectivity index (χ1) is 12.3. The van der Waals surface area contributed by atoms with Gasteiger partial charge in [-0.15, -0.1) is 0 Å². The monoisotopic (exact) mass is 357 g/mol. The fourth-order valence-electron chi connectivity index (χ4n) is 3.82. The van der Waals surface area contributed by atoms with Crippen LogP contribution in [0, 0.1) is 5.92 Å². The summed E-state index contributed by atoms with van der Waals surface area (Å²) in [6, 6.07) is 6.22. The third-order valence-corrected chi connectivity index (χ3v) is 5.19. The van der Waals surface area contributed by atoms with Crippen molar-refractivity contribution in [1.29, 1.82) is 0 Å². The second kappa shape index (κ2) is 7.39. The van der Waals surface area contributed by atoms with Crippen molar-refractivity contribution in [2.75, 3.05) is 24.7 Å². The zero-order valence-corrected chi connectivity index (χ0v) is 16.7. The van der Waals surface area contributed by atoms with Crippen molar-refractivity contribution >= 4 is 22.6 Å². The van der Waals surface area contributed by atoms with Crippen molar-refractivity contribution in [2.24, 2.45) is 5.92 Å². The van der Waals surface area contributed by atoms with Gasteiger partial charge in [-0.05, 0) is 43.9 Å². The van der Waals surface area contributed by atoms with Gasteiger partial charge in [-0.2, -0.15) is 0 Å². The molecule has 0 N–H and O–H groups in total. The molecule has 0 bridgehead atoms. The van der Waals surface area contributed by atoms with Crippen molar-refractivity contribution in [3.05, 3.63) is 24.0 Å². The fourth-order valence-corrected chi connectivity index (χ4v) is 3.82. The van der Waals surface area contributed by atoms with Crippen molar-refractivity contribution in [3.8, 4) is 0 Å². The zero-order chi connectivity index (χ0) is 18.9. The number of ether oxygens (including phenoxy) is 1. The molecule has 1 fully saturated rings. The van der Waals surface area contributed by atoms with Gasteiger partial charge in [-0.25, -0.2) is 4.98 Å². The number of hydrogen-bond donors (Lipinski definition) is 0. The van der Waals surface area contributed by atoms with Crippen LogP contribution in [0.5, 0.6) is 0 Å². The van der Waals surface area contributed by atoms with E-state index in [1.54, 1.807) is 11.8 Å². The Morgan fingerprint density at radius 3 is 2.58 bits per heavy atom. The highest BCUT2D eigenvalue weighted by Crippen LogP contribution is 2.31. The van der Waals surface area contributed by atoms with Crippen LogP contribution < -0.4 is 4.90 Å². The Balaban J connectivity index is 2.04. The summed E-state index contributed by atoms with van der Waals surface area (Å²) in [5.74, 6) is 1.80. The molecule has 1 aromatic carbocycles. The van der Waals surface area contributed by atoms with Crippen LogP contribution in [-0.4, -0.2) is 35.2 Å². The van der Waals surface area contributed by atoms with Crippen LogP contribution in [0.2, 0.25) is 0 Å². The van der Waals surface area contributed by atoms with Crippen molar-refractivity contribution in [1.82, 2.24) is 9.55 Å². The SMILES string of the molecule is CCN(C(C)=O)c1ccc2c(c1)nc(C(C)(C)C)n2CC1CCOCC1. The fraction of sp³-hybridized carbons (Fsp3) is 0.619. The molecular formula is C21H31N3O2. The number of amides is 1. The first kappa shape index (κ1) is 18.9. The molecule has 0 spiro atoms. The van der Waals surface area contributed by atoms with Crippen LogP contribution in [0.4, 0.5) is 5.69 Å². The number of rotatable bonds is 4. The predicted octanol–water partition coefficient (Wildman–Crippen LogP) is 4.13. The molecule has 2 heterocycles.